The van der Waals surface area contributed by atoms with Crippen molar-refractivity contribution in [3.8, 4) is 17.0 Å². The van der Waals surface area contributed by atoms with E-state index in [0.717, 1.165) is 43.0 Å². The lowest BCUT2D eigenvalue weighted by atomic mass is 10.1. The standard InChI is InChI=1S/C20H19N5O2/c1-12-22-17-11-18(26)13(10-19(17)27-12)14-2-3-16-15(23-14)4-5-20(24-16)25-8-6-21-7-9-25/h2-5,10-11,21,26H,6-9H2,1H3. The van der Waals surface area contributed by atoms with Gasteiger partial charge in [-0.2, -0.15) is 0 Å². The number of hydrogen-bond donors (Lipinski definition) is 2. The molecule has 0 radical (unpaired) electrons. The third-order valence-electron chi connectivity index (χ3n) is 4.86. The molecule has 0 aliphatic carbocycles. The van der Waals surface area contributed by atoms with Gasteiger partial charge in [-0.15, -0.1) is 0 Å². The van der Waals surface area contributed by atoms with Gasteiger partial charge in [0, 0.05) is 44.7 Å². The molecule has 3 aromatic heterocycles. The highest BCUT2D eigenvalue weighted by molar-refractivity contribution is 5.86. The number of benzene rings is 1. The fourth-order valence-corrected chi connectivity index (χ4v) is 3.50. The molecule has 7 nitrogen and oxygen atoms in total. The molecule has 4 heterocycles. The number of hydrogen-bond acceptors (Lipinski definition) is 7. The maximum atomic E-state index is 10.4. The van der Waals surface area contributed by atoms with E-state index in [0.29, 0.717) is 28.2 Å². The lowest BCUT2D eigenvalue weighted by Crippen LogP contribution is -2.43. The maximum Gasteiger partial charge on any atom is 0.192 e. The van der Waals surface area contributed by atoms with Crippen LogP contribution in [0.25, 0.3) is 33.4 Å². The predicted molar refractivity (Wildman–Crippen MR) is 104 cm³/mol. The van der Waals surface area contributed by atoms with E-state index in [4.69, 9.17) is 14.4 Å². The van der Waals surface area contributed by atoms with Crippen molar-refractivity contribution in [2.75, 3.05) is 31.1 Å². The van der Waals surface area contributed by atoms with Crippen LogP contribution in [0, 0.1) is 6.92 Å². The minimum atomic E-state index is 0.132. The van der Waals surface area contributed by atoms with Crippen molar-refractivity contribution < 1.29 is 9.52 Å². The Morgan fingerprint density at radius 2 is 1.74 bits per heavy atom. The highest BCUT2D eigenvalue weighted by Gasteiger charge is 2.14. The highest BCUT2D eigenvalue weighted by Crippen LogP contribution is 2.33. The minimum Gasteiger partial charge on any atom is -0.507 e. The Morgan fingerprint density at radius 3 is 2.59 bits per heavy atom. The summed E-state index contributed by atoms with van der Waals surface area (Å²) in [6.45, 7) is 5.63. The molecule has 1 fully saturated rings. The topological polar surface area (TPSA) is 87.3 Å². The van der Waals surface area contributed by atoms with Crippen LogP contribution in [-0.4, -0.2) is 46.2 Å². The number of aromatic hydroxyl groups is 1. The number of phenolic OH excluding ortho intramolecular Hbond substituents is 1. The zero-order valence-corrected chi connectivity index (χ0v) is 14.9. The number of nitrogens with zero attached hydrogens (tertiary/aromatic N) is 4. The van der Waals surface area contributed by atoms with Gasteiger partial charge in [-0.25, -0.2) is 15.0 Å². The van der Waals surface area contributed by atoms with Crippen molar-refractivity contribution in [1.82, 2.24) is 20.3 Å². The van der Waals surface area contributed by atoms with Crippen LogP contribution < -0.4 is 10.2 Å². The first-order valence-electron chi connectivity index (χ1n) is 9.01. The molecule has 136 valence electrons. The predicted octanol–water partition coefficient (Wildman–Crippen LogP) is 2.86. The van der Waals surface area contributed by atoms with Crippen LogP contribution in [0.15, 0.2) is 40.8 Å². The third-order valence-corrected chi connectivity index (χ3v) is 4.86. The SMILES string of the molecule is Cc1nc2cc(O)c(-c3ccc4nc(N5CCNCC5)ccc4n3)cc2o1. The van der Waals surface area contributed by atoms with Gasteiger partial charge < -0.3 is 19.7 Å². The largest absolute Gasteiger partial charge is 0.507 e. The lowest BCUT2D eigenvalue weighted by molar-refractivity contribution is 0.477. The fraction of sp³-hybridized carbons (Fsp3) is 0.250. The molecule has 2 N–H and O–H groups in total. The zero-order chi connectivity index (χ0) is 18.4. The monoisotopic (exact) mass is 361 g/mol. The van der Waals surface area contributed by atoms with Crippen molar-refractivity contribution >= 4 is 28.0 Å². The number of pyridine rings is 2. The Bertz CT molecular complexity index is 1150. The molecule has 0 saturated carbocycles. The second-order valence-electron chi connectivity index (χ2n) is 6.71. The number of oxazole rings is 1. The molecule has 27 heavy (non-hydrogen) atoms. The summed E-state index contributed by atoms with van der Waals surface area (Å²) in [7, 11) is 0. The van der Waals surface area contributed by atoms with E-state index in [1.54, 1.807) is 19.1 Å². The van der Waals surface area contributed by atoms with E-state index in [1.165, 1.54) is 0 Å². The number of piperazine rings is 1. The lowest BCUT2D eigenvalue weighted by Gasteiger charge is -2.28. The molecule has 1 aromatic carbocycles. The summed E-state index contributed by atoms with van der Waals surface area (Å²) in [6.07, 6.45) is 0. The van der Waals surface area contributed by atoms with Gasteiger partial charge in [-0.3, -0.25) is 0 Å². The van der Waals surface area contributed by atoms with Gasteiger partial charge in [0.15, 0.2) is 11.5 Å². The summed E-state index contributed by atoms with van der Waals surface area (Å²) in [5.41, 5.74) is 4.19. The van der Waals surface area contributed by atoms with Gasteiger partial charge in [0.1, 0.15) is 17.1 Å². The summed E-state index contributed by atoms with van der Waals surface area (Å²) in [5, 5.41) is 13.8. The van der Waals surface area contributed by atoms with E-state index < -0.39 is 0 Å². The highest BCUT2D eigenvalue weighted by atomic mass is 16.3. The summed E-state index contributed by atoms with van der Waals surface area (Å²) < 4.78 is 5.58. The molecule has 0 unspecified atom stereocenters. The van der Waals surface area contributed by atoms with Crippen molar-refractivity contribution in [2.24, 2.45) is 0 Å². The molecule has 7 heteroatoms. The molecular formula is C20H19N5O2. The van der Waals surface area contributed by atoms with E-state index in [-0.39, 0.29) is 5.75 Å². The van der Waals surface area contributed by atoms with Crippen LogP contribution >= 0.6 is 0 Å². The van der Waals surface area contributed by atoms with Gasteiger partial charge >= 0.3 is 0 Å². The second kappa shape index (κ2) is 6.21. The number of rotatable bonds is 2. The average molecular weight is 361 g/mol. The Balaban J connectivity index is 1.55. The number of aromatic nitrogens is 3. The van der Waals surface area contributed by atoms with Crippen LogP contribution in [-0.2, 0) is 0 Å². The second-order valence-corrected chi connectivity index (χ2v) is 6.71. The summed E-state index contributed by atoms with van der Waals surface area (Å²) in [6, 6.07) is 11.2. The summed E-state index contributed by atoms with van der Waals surface area (Å²) in [4.78, 5) is 16.0. The Labute approximate surface area is 155 Å². The number of anilines is 1. The minimum absolute atomic E-state index is 0.132. The first-order chi connectivity index (χ1) is 13.2. The normalized spacial score (nSPS) is 14.9. The first-order valence-corrected chi connectivity index (χ1v) is 9.01. The first kappa shape index (κ1) is 16.0. The Kier molecular flexibility index (Phi) is 3.68. The van der Waals surface area contributed by atoms with E-state index >= 15 is 0 Å². The van der Waals surface area contributed by atoms with Crippen molar-refractivity contribution in [1.29, 1.82) is 0 Å². The van der Waals surface area contributed by atoms with Crippen molar-refractivity contribution in [3.63, 3.8) is 0 Å². The maximum absolute atomic E-state index is 10.4. The fourth-order valence-electron chi connectivity index (χ4n) is 3.50. The molecule has 4 aromatic rings. The van der Waals surface area contributed by atoms with Crippen LogP contribution in [0.5, 0.6) is 5.75 Å². The van der Waals surface area contributed by atoms with Crippen molar-refractivity contribution in [3.05, 3.63) is 42.3 Å². The summed E-state index contributed by atoms with van der Waals surface area (Å²) >= 11 is 0. The van der Waals surface area contributed by atoms with Gasteiger partial charge in [0.05, 0.1) is 16.7 Å². The van der Waals surface area contributed by atoms with Gasteiger partial charge in [0.25, 0.3) is 0 Å². The van der Waals surface area contributed by atoms with Crippen molar-refractivity contribution in [2.45, 2.75) is 6.92 Å². The van der Waals surface area contributed by atoms with Gasteiger partial charge in [-0.05, 0) is 30.3 Å². The number of fused-ring (bicyclic) bond motifs is 2. The molecular weight excluding hydrogens is 342 g/mol. The molecule has 5 rings (SSSR count). The third kappa shape index (κ3) is 2.86. The van der Waals surface area contributed by atoms with Gasteiger partial charge in [-0.1, -0.05) is 0 Å². The summed E-state index contributed by atoms with van der Waals surface area (Å²) in [5.74, 6) is 1.67. The van der Waals surface area contributed by atoms with Crippen LogP contribution in [0.3, 0.4) is 0 Å². The molecule has 1 saturated heterocycles. The molecule has 1 aliphatic heterocycles. The van der Waals surface area contributed by atoms with E-state index in [1.807, 2.05) is 24.3 Å². The average Bonchev–Trinajstić information content (AvgIpc) is 3.06. The molecule has 1 aliphatic rings. The van der Waals surface area contributed by atoms with E-state index in [9.17, 15) is 5.11 Å². The smallest absolute Gasteiger partial charge is 0.192 e. The number of nitrogens with one attached hydrogen (secondary N) is 1. The van der Waals surface area contributed by atoms with E-state index in [2.05, 4.69) is 15.2 Å². The quantitative estimate of drug-likeness (QED) is 0.568. The number of phenols is 1. The van der Waals surface area contributed by atoms with Crippen LogP contribution in [0.4, 0.5) is 5.82 Å². The molecule has 0 atom stereocenters. The van der Waals surface area contributed by atoms with Gasteiger partial charge in [0.2, 0.25) is 0 Å². The zero-order valence-electron chi connectivity index (χ0n) is 14.9. The molecule has 0 spiro atoms. The molecule has 0 bridgehead atoms. The number of aryl methyl sites for hydroxylation is 1. The molecule has 0 amide bonds. The Morgan fingerprint density at radius 1 is 0.963 bits per heavy atom. The van der Waals surface area contributed by atoms with Crippen LogP contribution in [0.2, 0.25) is 0 Å². The van der Waals surface area contributed by atoms with Crippen LogP contribution in [0.1, 0.15) is 5.89 Å². The Hall–Kier alpha value is -3.19.